The van der Waals surface area contributed by atoms with Crippen LogP contribution in [0.25, 0.3) is 0 Å². The first-order valence-electron chi connectivity index (χ1n) is 9.37. The van der Waals surface area contributed by atoms with Gasteiger partial charge in [0.15, 0.2) is 0 Å². The number of nitrogens with one attached hydrogen (secondary N) is 2. The van der Waals surface area contributed by atoms with Gasteiger partial charge in [0.25, 0.3) is 0 Å². The van der Waals surface area contributed by atoms with Crippen molar-refractivity contribution in [1.29, 1.82) is 0 Å². The van der Waals surface area contributed by atoms with Gasteiger partial charge in [-0.2, -0.15) is 0 Å². The zero-order valence-corrected chi connectivity index (χ0v) is 16.4. The summed E-state index contributed by atoms with van der Waals surface area (Å²) >= 11 is 0. The molecule has 2 aliphatic carbocycles. The molecule has 0 aromatic carbocycles. The van der Waals surface area contributed by atoms with Crippen LogP contribution in [0.2, 0.25) is 0 Å². The minimum Gasteiger partial charge on any atom is -0.480 e. The Morgan fingerprint density at radius 3 is 1.79 bits per heavy atom. The van der Waals surface area contributed by atoms with Crippen LogP contribution in [0.4, 0.5) is 4.79 Å². The van der Waals surface area contributed by atoms with Crippen molar-refractivity contribution in [2.75, 3.05) is 0 Å². The van der Waals surface area contributed by atoms with Crippen LogP contribution in [0.3, 0.4) is 0 Å². The van der Waals surface area contributed by atoms with E-state index in [4.69, 9.17) is 4.74 Å². The number of hydrogen-bond donors (Lipinski definition) is 3. The van der Waals surface area contributed by atoms with Gasteiger partial charge in [0.1, 0.15) is 17.7 Å². The highest BCUT2D eigenvalue weighted by molar-refractivity contribution is 5.89. The summed E-state index contributed by atoms with van der Waals surface area (Å²) in [5.41, 5.74) is -0.705. The zero-order valence-electron chi connectivity index (χ0n) is 16.4. The number of alkyl carbamates (subject to hydrolysis) is 1. The maximum absolute atomic E-state index is 12.8. The lowest BCUT2D eigenvalue weighted by Gasteiger charge is -2.25. The Morgan fingerprint density at radius 1 is 0.893 bits per heavy atom. The second kappa shape index (κ2) is 9.39. The van der Waals surface area contributed by atoms with Crippen LogP contribution in [-0.2, 0) is 14.3 Å². The third kappa shape index (κ3) is 7.06. The van der Waals surface area contributed by atoms with Crippen LogP contribution >= 0.6 is 0 Å². The SMILES string of the molecule is CC(C)(C)OC(=O)N[C@@H](CC1C=CC=C1)C(=O)N[C@@H](CC1C=CC=C1)C(=O)O. The molecule has 0 aliphatic heterocycles. The number of carboxylic acids is 1. The van der Waals surface area contributed by atoms with Crippen LogP contribution < -0.4 is 10.6 Å². The number of allylic oxidation sites excluding steroid dienone is 8. The Hall–Kier alpha value is -2.83. The van der Waals surface area contributed by atoms with E-state index in [1.807, 2.05) is 48.6 Å². The van der Waals surface area contributed by atoms with E-state index in [1.54, 1.807) is 20.8 Å². The van der Waals surface area contributed by atoms with E-state index in [-0.39, 0.29) is 18.3 Å². The van der Waals surface area contributed by atoms with Gasteiger partial charge in [0.05, 0.1) is 0 Å². The first-order chi connectivity index (χ1) is 13.1. The molecule has 0 spiro atoms. The van der Waals surface area contributed by atoms with Crippen LogP contribution in [-0.4, -0.2) is 40.8 Å². The normalized spacial score (nSPS) is 18.2. The summed E-state index contributed by atoms with van der Waals surface area (Å²) in [5.74, 6) is -1.72. The smallest absolute Gasteiger partial charge is 0.408 e. The molecule has 0 unspecified atom stereocenters. The van der Waals surface area contributed by atoms with Crippen molar-refractivity contribution in [3.05, 3.63) is 48.6 Å². The number of hydrogen-bond acceptors (Lipinski definition) is 4. The van der Waals surface area contributed by atoms with E-state index in [9.17, 15) is 19.5 Å². The maximum atomic E-state index is 12.8. The number of aliphatic carboxylic acids is 1. The van der Waals surface area contributed by atoms with Crippen LogP contribution in [0.5, 0.6) is 0 Å². The van der Waals surface area contributed by atoms with Crippen LogP contribution in [0, 0.1) is 11.8 Å². The fraction of sp³-hybridized carbons (Fsp3) is 0.476. The molecule has 2 amide bonds. The van der Waals surface area contributed by atoms with Gasteiger partial charge in [-0.05, 0) is 45.4 Å². The van der Waals surface area contributed by atoms with Gasteiger partial charge in [-0.15, -0.1) is 0 Å². The highest BCUT2D eigenvalue weighted by Crippen LogP contribution is 2.18. The van der Waals surface area contributed by atoms with Crippen LogP contribution in [0.15, 0.2) is 48.6 Å². The summed E-state index contributed by atoms with van der Waals surface area (Å²) in [4.78, 5) is 36.6. The summed E-state index contributed by atoms with van der Waals surface area (Å²) in [7, 11) is 0. The quantitative estimate of drug-likeness (QED) is 0.593. The van der Waals surface area contributed by atoms with Crippen molar-refractivity contribution < 1.29 is 24.2 Å². The summed E-state index contributed by atoms with van der Waals surface area (Å²) < 4.78 is 5.24. The summed E-state index contributed by atoms with van der Waals surface area (Å²) in [6, 6.07) is -1.97. The van der Waals surface area contributed by atoms with E-state index in [2.05, 4.69) is 10.6 Å². The molecule has 7 heteroatoms. The Balaban J connectivity index is 2.04. The molecular formula is C21H28N2O5. The van der Waals surface area contributed by atoms with Gasteiger partial charge in [0, 0.05) is 0 Å². The van der Waals surface area contributed by atoms with Gasteiger partial charge in [-0.1, -0.05) is 48.6 Å². The van der Waals surface area contributed by atoms with Crippen molar-refractivity contribution in [1.82, 2.24) is 10.6 Å². The lowest BCUT2D eigenvalue weighted by Crippen LogP contribution is -2.53. The molecule has 0 saturated carbocycles. The van der Waals surface area contributed by atoms with Crippen molar-refractivity contribution in [2.45, 2.75) is 51.3 Å². The van der Waals surface area contributed by atoms with Gasteiger partial charge in [0.2, 0.25) is 5.91 Å². The van der Waals surface area contributed by atoms with E-state index in [0.717, 1.165) is 0 Å². The second-order valence-electron chi connectivity index (χ2n) is 7.94. The maximum Gasteiger partial charge on any atom is 0.408 e. The molecule has 2 rings (SSSR count). The highest BCUT2D eigenvalue weighted by Gasteiger charge is 2.30. The molecule has 0 fully saturated rings. The summed E-state index contributed by atoms with van der Waals surface area (Å²) in [5, 5.41) is 14.6. The number of amides is 2. The Bertz CT molecular complexity index is 691. The molecular weight excluding hydrogens is 360 g/mol. The molecule has 0 aromatic heterocycles. The van der Waals surface area contributed by atoms with Crippen molar-refractivity contribution >= 4 is 18.0 Å². The fourth-order valence-corrected chi connectivity index (χ4v) is 2.99. The van der Waals surface area contributed by atoms with E-state index in [0.29, 0.717) is 6.42 Å². The van der Waals surface area contributed by atoms with Crippen molar-refractivity contribution in [3.8, 4) is 0 Å². The van der Waals surface area contributed by atoms with Crippen molar-refractivity contribution in [3.63, 3.8) is 0 Å². The lowest BCUT2D eigenvalue weighted by molar-refractivity contribution is -0.142. The van der Waals surface area contributed by atoms with Gasteiger partial charge >= 0.3 is 12.1 Å². The minimum absolute atomic E-state index is 0.0188. The van der Waals surface area contributed by atoms with Gasteiger partial charge in [-0.3, -0.25) is 4.79 Å². The third-order valence-electron chi connectivity index (χ3n) is 4.29. The molecule has 0 saturated heterocycles. The summed E-state index contributed by atoms with van der Waals surface area (Å²) in [6.07, 6.45) is 14.9. The first kappa shape index (κ1) is 21.5. The molecule has 0 aromatic rings. The Labute approximate surface area is 165 Å². The average molecular weight is 388 g/mol. The topological polar surface area (TPSA) is 105 Å². The molecule has 0 radical (unpaired) electrons. The molecule has 2 atom stereocenters. The second-order valence-corrected chi connectivity index (χ2v) is 7.94. The van der Waals surface area contributed by atoms with Gasteiger partial charge in [-0.25, -0.2) is 9.59 Å². The lowest BCUT2D eigenvalue weighted by atomic mass is 9.98. The number of ether oxygens (including phenoxy) is 1. The first-order valence-corrected chi connectivity index (χ1v) is 9.37. The van der Waals surface area contributed by atoms with Crippen LogP contribution in [0.1, 0.15) is 33.6 Å². The van der Waals surface area contributed by atoms with E-state index < -0.39 is 35.7 Å². The van der Waals surface area contributed by atoms with Crippen molar-refractivity contribution in [2.24, 2.45) is 11.8 Å². The third-order valence-corrected chi connectivity index (χ3v) is 4.29. The Morgan fingerprint density at radius 2 is 1.36 bits per heavy atom. The fourth-order valence-electron chi connectivity index (χ4n) is 2.99. The predicted octanol–water partition coefficient (Wildman–Crippen LogP) is 2.71. The van der Waals surface area contributed by atoms with E-state index in [1.165, 1.54) is 0 Å². The molecule has 3 N–H and O–H groups in total. The number of carbonyl (C=O) groups excluding carboxylic acids is 2. The highest BCUT2D eigenvalue weighted by atomic mass is 16.6. The molecule has 7 nitrogen and oxygen atoms in total. The number of carbonyl (C=O) groups is 3. The van der Waals surface area contributed by atoms with E-state index >= 15 is 0 Å². The largest absolute Gasteiger partial charge is 0.480 e. The standard InChI is InChI=1S/C21H28N2O5/c1-21(2,3)28-20(27)23-16(12-14-8-4-5-9-14)18(24)22-17(19(25)26)13-15-10-6-7-11-15/h4-11,14-17H,12-13H2,1-3H3,(H,22,24)(H,23,27)(H,25,26)/t16-,17-/m0/s1. The number of rotatable bonds is 8. The van der Waals surface area contributed by atoms with Gasteiger partial charge < -0.3 is 20.5 Å². The predicted molar refractivity (Wildman–Crippen MR) is 105 cm³/mol. The zero-order chi connectivity index (χ0) is 20.7. The average Bonchev–Trinajstić information content (AvgIpc) is 3.25. The molecule has 0 heterocycles. The minimum atomic E-state index is -1.11. The molecule has 2 aliphatic rings. The Kier molecular flexibility index (Phi) is 7.20. The molecule has 0 bridgehead atoms. The summed E-state index contributed by atoms with van der Waals surface area (Å²) in [6.45, 7) is 5.19. The monoisotopic (exact) mass is 388 g/mol. The number of carboxylic acid groups (broad SMARTS) is 1. The molecule has 28 heavy (non-hydrogen) atoms. The molecule has 152 valence electrons.